The zero-order valence-corrected chi connectivity index (χ0v) is 13.9. The highest BCUT2D eigenvalue weighted by molar-refractivity contribution is 5.97. The van der Waals surface area contributed by atoms with Crippen LogP contribution in [0.25, 0.3) is 10.8 Å². The van der Waals surface area contributed by atoms with Crippen LogP contribution in [-0.2, 0) is 16.0 Å². The fourth-order valence-electron chi connectivity index (χ4n) is 2.65. The first-order valence-corrected chi connectivity index (χ1v) is 8.07. The van der Waals surface area contributed by atoms with E-state index < -0.39 is 5.97 Å². The smallest absolute Gasteiger partial charge is 0.338 e. The van der Waals surface area contributed by atoms with Gasteiger partial charge < -0.3 is 10.1 Å². The lowest BCUT2D eigenvalue weighted by Gasteiger charge is -2.08. The van der Waals surface area contributed by atoms with E-state index in [1.807, 2.05) is 42.5 Å². The average Bonchev–Trinajstić information content (AvgIpc) is 2.62. The molecule has 126 valence electrons. The Morgan fingerprint density at radius 3 is 2.72 bits per heavy atom. The number of rotatable bonds is 5. The van der Waals surface area contributed by atoms with Gasteiger partial charge in [0.05, 0.1) is 18.6 Å². The predicted molar refractivity (Wildman–Crippen MR) is 96.5 cm³/mol. The number of carbonyl (C=O) groups excluding carboxylic acids is 2. The first-order valence-electron chi connectivity index (χ1n) is 8.07. The minimum absolute atomic E-state index is 0.190. The van der Waals surface area contributed by atoms with Gasteiger partial charge in [-0.05, 0) is 35.4 Å². The van der Waals surface area contributed by atoms with Crippen molar-refractivity contribution >= 4 is 28.5 Å². The molecule has 0 saturated carbocycles. The number of hydrogen-bond acceptors (Lipinski definition) is 4. The molecule has 0 bridgehead atoms. The number of fused-ring (bicyclic) bond motifs is 1. The summed E-state index contributed by atoms with van der Waals surface area (Å²) in [7, 11) is 0. The molecule has 1 heterocycles. The third-order valence-electron chi connectivity index (χ3n) is 3.77. The van der Waals surface area contributed by atoms with Crippen LogP contribution in [0.2, 0.25) is 0 Å². The highest BCUT2D eigenvalue weighted by atomic mass is 16.5. The van der Waals surface area contributed by atoms with Crippen LogP contribution in [0.15, 0.2) is 60.8 Å². The van der Waals surface area contributed by atoms with Gasteiger partial charge in [-0.3, -0.25) is 4.79 Å². The standard InChI is InChI=1S/C20H18N2O3/c1-2-25-20(24)16-10-11-21-18(12-16)22-19(23)13-15-8-5-7-14-6-3-4-9-17(14)15/h3-12H,2,13H2,1H3,(H,21,22,23). The van der Waals surface area contributed by atoms with Crippen LogP contribution in [0, 0.1) is 0 Å². The molecule has 25 heavy (non-hydrogen) atoms. The van der Waals surface area contributed by atoms with Crippen LogP contribution in [-0.4, -0.2) is 23.5 Å². The van der Waals surface area contributed by atoms with Crippen molar-refractivity contribution in [1.82, 2.24) is 4.98 Å². The number of hydrogen-bond donors (Lipinski definition) is 1. The molecular weight excluding hydrogens is 316 g/mol. The van der Waals surface area contributed by atoms with E-state index in [9.17, 15) is 9.59 Å². The molecule has 2 aromatic carbocycles. The molecule has 1 N–H and O–H groups in total. The van der Waals surface area contributed by atoms with E-state index in [-0.39, 0.29) is 12.3 Å². The van der Waals surface area contributed by atoms with Crippen molar-refractivity contribution in [3.63, 3.8) is 0 Å². The Bertz CT molecular complexity index is 916. The van der Waals surface area contributed by atoms with Gasteiger partial charge in [0.2, 0.25) is 5.91 Å². The molecule has 0 aliphatic carbocycles. The summed E-state index contributed by atoms with van der Waals surface area (Å²) in [6, 6.07) is 16.9. The molecule has 0 aliphatic heterocycles. The predicted octanol–water partition coefficient (Wildman–Crippen LogP) is 3.59. The van der Waals surface area contributed by atoms with E-state index in [1.165, 1.54) is 12.3 Å². The molecule has 5 heteroatoms. The Morgan fingerprint density at radius 2 is 1.88 bits per heavy atom. The van der Waals surface area contributed by atoms with Gasteiger partial charge in [0.25, 0.3) is 0 Å². The molecule has 0 atom stereocenters. The lowest BCUT2D eigenvalue weighted by atomic mass is 10.0. The van der Waals surface area contributed by atoms with Crippen molar-refractivity contribution in [1.29, 1.82) is 0 Å². The first kappa shape index (κ1) is 16.6. The fourth-order valence-corrected chi connectivity index (χ4v) is 2.65. The van der Waals surface area contributed by atoms with Crippen molar-refractivity contribution in [3.8, 4) is 0 Å². The monoisotopic (exact) mass is 334 g/mol. The summed E-state index contributed by atoms with van der Waals surface area (Å²) in [5.41, 5.74) is 1.30. The Kier molecular flexibility index (Phi) is 5.04. The Hall–Kier alpha value is -3.21. The number of anilines is 1. The average molecular weight is 334 g/mol. The lowest BCUT2D eigenvalue weighted by molar-refractivity contribution is -0.115. The molecule has 1 amide bonds. The summed E-state index contributed by atoms with van der Waals surface area (Å²) < 4.78 is 4.95. The van der Waals surface area contributed by atoms with E-state index in [0.717, 1.165) is 16.3 Å². The lowest BCUT2D eigenvalue weighted by Crippen LogP contribution is -2.16. The Labute approximate surface area is 145 Å². The van der Waals surface area contributed by atoms with Crippen molar-refractivity contribution in [2.45, 2.75) is 13.3 Å². The van der Waals surface area contributed by atoms with Gasteiger partial charge in [0, 0.05) is 6.20 Å². The normalized spacial score (nSPS) is 10.4. The quantitative estimate of drug-likeness (QED) is 0.724. The van der Waals surface area contributed by atoms with Crippen LogP contribution < -0.4 is 5.32 Å². The van der Waals surface area contributed by atoms with Gasteiger partial charge in [0.1, 0.15) is 5.82 Å². The van der Waals surface area contributed by atoms with E-state index in [4.69, 9.17) is 4.74 Å². The number of carbonyl (C=O) groups is 2. The topological polar surface area (TPSA) is 68.3 Å². The van der Waals surface area contributed by atoms with E-state index in [0.29, 0.717) is 18.0 Å². The van der Waals surface area contributed by atoms with Crippen molar-refractivity contribution in [2.75, 3.05) is 11.9 Å². The molecule has 0 aliphatic rings. The third kappa shape index (κ3) is 4.01. The second kappa shape index (κ2) is 7.57. The second-order valence-electron chi connectivity index (χ2n) is 5.51. The first-order chi connectivity index (χ1) is 12.2. The van der Waals surface area contributed by atoms with Crippen LogP contribution >= 0.6 is 0 Å². The number of aromatic nitrogens is 1. The van der Waals surface area contributed by atoms with Crippen LogP contribution in [0.3, 0.4) is 0 Å². The molecule has 3 aromatic rings. The van der Waals surface area contributed by atoms with Crippen molar-refractivity contribution < 1.29 is 14.3 Å². The number of amides is 1. The summed E-state index contributed by atoms with van der Waals surface area (Å²) in [5.74, 6) is -0.296. The molecule has 0 fully saturated rings. The zero-order valence-electron chi connectivity index (χ0n) is 13.9. The SMILES string of the molecule is CCOC(=O)c1ccnc(NC(=O)Cc2cccc3ccccc23)c1. The van der Waals surface area contributed by atoms with E-state index in [2.05, 4.69) is 10.3 Å². The Morgan fingerprint density at radius 1 is 1.08 bits per heavy atom. The number of nitrogens with zero attached hydrogens (tertiary/aromatic N) is 1. The molecule has 0 saturated heterocycles. The number of ether oxygens (including phenoxy) is 1. The number of pyridine rings is 1. The summed E-state index contributed by atoms with van der Waals surface area (Å²) in [6.07, 6.45) is 1.70. The van der Waals surface area contributed by atoms with Gasteiger partial charge in [-0.2, -0.15) is 0 Å². The summed E-state index contributed by atoms with van der Waals surface area (Å²) in [5, 5.41) is 4.88. The third-order valence-corrected chi connectivity index (χ3v) is 3.77. The zero-order chi connectivity index (χ0) is 17.6. The highest BCUT2D eigenvalue weighted by Crippen LogP contribution is 2.19. The summed E-state index contributed by atoms with van der Waals surface area (Å²) in [6.45, 7) is 2.04. The molecule has 0 radical (unpaired) electrons. The van der Waals surface area contributed by atoms with Crippen LogP contribution in [0.5, 0.6) is 0 Å². The highest BCUT2D eigenvalue weighted by Gasteiger charge is 2.11. The molecule has 1 aromatic heterocycles. The maximum absolute atomic E-state index is 12.4. The molecular formula is C20H18N2O3. The number of esters is 1. The second-order valence-corrected chi connectivity index (χ2v) is 5.51. The summed E-state index contributed by atoms with van der Waals surface area (Å²) in [4.78, 5) is 28.2. The number of benzene rings is 2. The summed E-state index contributed by atoms with van der Waals surface area (Å²) >= 11 is 0. The fraction of sp³-hybridized carbons (Fsp3) is 0.150. The van der Waals surface area contributed by atoms with Gasteiger partial charge in [-0.15, -0.1) is 0 Å². The minimum Gasteiger partial charge on any atom is -0.462 e. The molecule has 3 rings (SSSR count). The van der Waals surface area contributed by atoms with Gasteiger partial charge in [-0.1, -0.05) is 42.5 Å². The maximum Gasteiger partial charge on any atom is 0.338 e. The molecule has 0 spiro atoms. The number of nitrogens with one attached hydrogen (secondary N) is 1. The van der Waals surface area contributed by atoms with Gasteiger partial charge in [0.15, 0.2) is 0 Å². The maximum atomic E-state index is 12.4. The minimum atomic E-state index is -0.436. The van der Waals surface area contributed by atoms with Crippen LogP contribution in [0.4, 0.5) is 5.82 Å². The Balaban J connectivity index is 1.74. The van der Waals surface area contributed by atoms with Crippen LogP contribution in [0.1, 0.15) is 22.8 Å². The van der Waals surface area contributed by atoms with Crippen molar-refractivity contribution in [2.24, 2.45) is 0 Å². The van der Waals surface area contributed by atoms with E-state index in [1.54, 1.807) is 13.0 Å². The van der Waals surface area contributed by atoms with E-state index >= 15 is 0 Å². The largest absolute Gasteiger partial charge is 0.462 e. The van der Waals surface area contributed by atoms with Crippen molar-refractivity contribution in [3.05, 3.63) is 71.9 Å². The molecule has 5 nitrogen and oxygen atoms in total. The molecule has 0 unspecified atom stereocenters. The van der Waals surface area contributed by atoms with Gasteiger partial charge >= 0.3 is 5.97 Å². The van der Waals surface area contributed by atoms with Gasteiger partial charge in [-0.25, -0.2) is 9.78 Å².